The van der Waals surface area contributed by atoms with E-state index in [-0.39, 0.29) is 32.1 Å². The van der Waals surface area contributed by atoms with Gasteiger partial charge in [0.2, 0.25) is 0 Å². The highest BCUT2D eigenvalue weighted by molar-refractivity contribution is 5.80. The largest absolute Gasteiger partial charge is 0.493 e. The lowest BCUT2D eigenvalue weighted by Crippen LogP contribution is -2.28. The summed E-state index contributed by atoms with van der Waals surface area (Å²) in [6.07, 6.45) is 0.0664. The van der Waals surface area contributed by atoms with Gasteiger partial charge in [-0.1, -0.05) is 18.2 Å². The minimum atomic E-state index is -0.492. The third-order valence-corrected chi connectivity index (χ3v) is 3.87. The zero-order chi connectivity index (χ0) is 20.4. The number of ether oxygens (including phenoxy) is 4. The normalized spacial score (nSPS) is 10.1. The molecule has 1 N–H and O–H groups in total. The number of carbonyl (C=O) groups excluding carboxylic acids is 2. The summed E-state index contributed by atoms with van der Waals surface area (Å²) in [7, 11) is 3.10. The number of benzene rings is 2. The van der Waals surface area contributed by atoms with Gasteiger partial charge in [0.25, 0.3) is 5.91 Å². The Morgan fingerprint density at radius 3 is 2.50 bits per heavy atom. The van der Waals surface area contributed by atoms with Crippen molar-refractivity contribution < 1.29 is 28.5 Å². The fraction of sp³-hybridized carbons (Fsp3) is 0.333. The number of amides is 1. The quantitative estimate of drug-likeness (QED) is 0.631. The second kappa shape index (κ2) is 10.8. The molecule has 0 fully saturated rings. The van der Waals surface area contributed by atoms with Crippen molar-refractivity contribution in [2.45, 2.75) is 19.9 Å². The van der Waals surface area contributed by atoms with Crippen molar-refractivity contribution in [2.75, 3.05) is 27.4 Å². The Labute approximate surface area is 164 Å². The zero-order valence-electron chi connectivity index (χ0n) is 16.3. The van der Waals surface area contributed by atoms with Crippen molar-refractivity contribution in [3.05, 3.63) is 53.6 Å². The molecular weight excluding hydrogens is 362 g/mol. The summed E-state index contributed by atoms with van der Waals surface area (Å²) in [6.45, 7) is 2.10. The van der Waals surface area contributed by atoms with E-state index in [1.54, 1.807) is 26.4 Å². The molecule has 7 heteroatoms. The number of rotatable bonds is 10. The Morgan fingerprint density at radius 1 is 1.00 bits per heavy atom. The van der Waals surface area contributed by atoms with Crippen molar-refractivity contribution in [3.63, 3.8) is 0 Å². The van der Waals surface area contributed by atoms with Crippen LogP contribution in [0.25, 0.3) is 0 Å². The van der Waals surface area contributed by atoms with Crippen LogP contribution < -0.4 is 19.5 Å². The average molecular weight is 387 g/mol. The van der Waals surface area contributed by atoms with Crippen LogP contribution in [0.5, 0.6) is 17.2 Å². The van der Waals surface area contributed by atoms with Crippen LogP contribution in [0.3, 0.4) is 0 Å². The summed E-state index contributed by atoms with van der Waals surface area (Å²) in [5, 5.41) is 2.69. The van der Waals surface area contributed by atoms with E-state index in [9.17, 15) is 9.59 Å². The molecular formula is C21H25NO6. The van der Waals surface area contributed by atoms with E-state index in [4.69, 9.17) is 18.9 Å². The number of methoxy groups -OCH3 is 2. The zero-order valence-corrected chi connectivity index (χ0v) is 16.3. The molecule has 0 aromatic heterocycles. The lowest BCUT2D eigenvalue weighted by atomic mass is 10.2. The highest BCUT2D eigenvalue weighted by Gasteiger charge is 2.09. The van der Waals surface area contributed by atoms with Gasteiger partial charge in [0.15, 0.2) is 18.1 Å². The molecule has 1 amide bonds. The Kier molecular flexibility index (Phi) is 8.14. The van der Waals surface area contributed by atoms with Gasteiger partial charge < -0.3 is 24.3 Å². The van der Waals surface area contributed by atoms with E-state index < -0.39 is 5.97 Å². The van der Waals surface area contributed by atoms with Crippen molar-refractivity contribution in [3.8, 4) is 17.2 Å². The monoisotopic (exact) mass is 387 g/mol. The number of hydrogen-bond acceptors (Lipinski definition) is 6. The van der Waals surface area contributed by atoms with Gasteiger partial charge in [-0.25, -0.2) is 0 Å². The van der Waals surface area contributed by atoms with Gasteiger partial charge in [0.05, 0.1) is 27.2 Å². The second-order valence-electron chi connectivity index (χ2n) is 6.04. The number of hydrogen-bond donors (Lipinski definition) is 1. The maximum atomic E-state index is 11.9. The summed E-state index contributed by atoms with van der Waals surface area (Å²) in [5.41, 5.74) is 1.91. The van der Waals surface area contributed by atoms with Crippen molar-refractivity contribution >= 4 is 11.9 Å². The lowest BCUT2D eigenvalue weighted by molar-refractivity contribution is -0.149. The average Bonchev–Trinajstić information content (AvgIpc) is 2.70. The first-order chi connectivity index (χ1) is 13.5. The number of aryl methyl sites for hydroxylation is 1. The van der Waals surface area contributed by atoms with Crippen LogP contribution in [0.4, 0.5) is 0 Å². The smallest absolute Gasteiger partial charge is 0.309 e. The van der Waals surface area contributed by atoms with Gasteiger partial charge >= 0.3 is 5.97 Å². The second-order valence-corrected chi connectivity index (χ2v) is 6.04. The van der Waals surface area contributed by atoms with E-state index in [0.717, 1.165) is 11.1 Å². The molecule has 0 heterocycles. The summed E-state index contributed by atoms with van der Waals surface area (Å²) in [6, 6.07) is 12.9. The van der Waals surface area contributed by atoms with Crippen LogP contribution in [0.2, 0.25) is 0 Å². The van der Waals surface area contributed by atoms with Crippen LogP contribution in [0.1, 0.15) is 17.5 Å². The summed E-state index contributed by atoms with van der Waals surface area (Å²) < 4.78 is 20.8. The first-order valence-electron chi connectivity index (χ1n) is 8.84. The number of nitrogens with one attached hydrogen (secondary N) is 1. The summed E-state index contributed by atoms with van der Waals surface area (Å²) in [5.74, 6) is 1.01. The van der Waals surface area contributed by atoms with Gasteiger partial charge in [-0.3, -0.25) is 9.59 Å². The molecule has 7 nitrogen and oxygen atoms in total. The van der Waals surface area contributed by atoms with Crippen LogP contribution in [0, 0.1) is 6.92 Å². The first-order valence-corrected chi connectivity index (χ1v) is 8.84. The minimum Gasteiger partial charge on any atom is -0.493 e. The highest BCUT2D eigenvalue weighted by atomic mass is 16.5. The number of esters is 1. The molecule has 0 aliphatic rings. The molecule has 0 aliphatic carbocycles. The van der Waals surface area contributed by atoms with Gasteiger partial charge in [-0.15, -0.1) is 0 Å². The molecule has 0 bridgehead atoms. The third-order valence-electron chi connectivity index (χ3n) is 3.87. The van der Waals surface area contributed by atoms with E-state index >= 15 is 0 Å². The standard InChI is InChI=1S/C21H25NO6/c1-15-5-4-6-17(11-15)27-10-9-21(24)28-14-20(23)22-13-16-7-8-18(25-2)19(12-16)26-3/h4-8,11-12H,9-10,13-14H2,1-3H3,(H,22,23). The molecule has 0 unspecified atom stereocenters. The van der Waals surface area contributed by atoms with Crippen LogP contribution in [0.15, 0.2) is 42.5 Å². The minimum absolute atomic E-state index is 0.0664. The Bertz CT molecular complexity index is 805. The predicted octanol–water partition coefficient (Wildman–Crippen LogP) is 2.64. The molecule has 0 aliphatic heterocycles. The van der Waals surface area contributed by atoms with E-state index in [1.165, 1.54) is 0 Å². The lowest BCUT2D eigenvalue weighted by Gasteiger charge is -2.11. The highest BCUT2D eigenvalue weighted by Crippen LogP contribution is 2.27. The Balaban J connectivity index is 1.67. The molecule has 150 valence electrons. The Morgan fingerprint density at radius 2 is 1.79 bits per heavy atom. The van der Waals surface area contributed by atoms with Crippen molar-refractivity contribution in [2.24, 2.45) is 0 Å². The van der Waals surface area contributed by atoms with Gasteiger partial charge in [-0.05, 0) is 42.3 Å². The van der Waals surface area contributed by atoms with Crippen molar-refractivity contribution in [1.29, 1.82) is 0 Å². The Hall–Kier alpha value is -3.22. The van der Waals surface area contributed by atoms with Crippen molar-refractivity contribution in [1.82, 2.24) is 5.32 Å². The molecule has 0 atom stereocenters. The van der Waals surface area contributed by atoms with Crippen LogP contribution in [-0.4, -0.2) is 39.3 Å². The summed E-state index contributed by atoms with van der Waals surface area (Å²) in [4.78, 5) is 23.6. The van der Waals surface area contributed by atoms with Crippen LogP contribution in [-0.2, 0) is 20.9 Å². The third kappa shape index (κ3) is 6.83. The molecule has 2 rings (SSSR count). The van der Waals surface area contributed by atoms with Gasteiger partial charge in [0, 0.05) is 6.54 Å². The molecule has 0 saturated carbocycles. The SMILES string of the molecule is COc1ccc(CNC(=O)COC(=O)CCOc2cccc(C)c2)cc1OC. The fourth-order valence-corrected chi connectivity index (χ4v) is 2.42. The maximum Gasteiger partial charge on any atom is 0.309 e. The molecule has 0 spiro atoms. The topological polar surface area (TPSA) is 83.1 Å². The van der Waals surface area contributed by atoms with Gasteiger partial charge in [0.1, 0.15) is 5.75 Å². The first kappa shape index (κ1) is 21.1. The van der Waals surface area contributed by atoms with Gasteiger partial charge in [-0.2, -0.15) is 0 Å². The molecule has 0 saturated heterocycles. The fourth-order valence-electron chi connectivity index (χ4n) is 2.42. The van der Waals surface area contributed by atoms with E-state index in [1.807, 2.05) is 37.3 Å². The van der Waals surface area contributed by atoms with E-state index in [2.05, 4.69) is 5.32 Å². The molecule has 2 aromatic rings. The predicted molar refractivity (Wildman–Crippen MR) is 104 cm³/mol. The van der Waals surface area contributed by atoms with E-state index in [0.29, 0.717) is 17.2 Å². The molecule has 0 radical (unpaired) electrons. The summed E-state index contributed by atoms with van der Waals surface area (Å²) >= 11 is 0. The number of carbonyl (C=O) groups is 2. The maximum absolute atomic E-state index is 11.9. The molecule has 2 aromatic carbocycles. The van der Waals surface area contributed by atoms with Crippen LogP contribution >= 0.6 is 0 Å². The molecule has 28 heavy (non-hydrogen) atoms.